The van der Waals surface area contributed by atoms with E-state index >= 15 is 0 Å². The Kier molecular flexibility index (Phi) is 5.39. The quantitative estimate of drug-likeness (QED) is 0.751. The standard InChI is InChI=1S/C14H20N6O/c1-11-17-18-19-20(11)13-7-5-6-12(10-13)16-14(21)8-3-2-4-9-15/h5-7,10H,2-4,8-9,15H2,1H3,(H,16,21). The number of nitrogens with zero attached hydrogens (tertiary/aromatic N) is 4. The van der Waals surface area contributed by atoms with Crippen LogP contribution in [0, 0.1) is 6.92 Å². The van der Waals surface area contributed by atoms with Crippen LogP contribution in [0.15, 0.2) is 24.3 Å². The van der Waals surface area contributed by atoms with E-state index in [1.54, 1.807) is 4.68 Å². The summed E-state index contributed by atoms with van der Waals surface area (Å²) in [6.45, 7) is 2.50. The fourth-order valence-electron chi connectivity index (χ4n) is 2.02. The van der Waals surface area contributed by atoms with Gasteiger partial charge in [0.25, 0.3) is 0 Å². The molecule has 0 bridgehead atoms. The molecule has 0 fully saturated rings. The minimum Gasteiger partial charge on any atom is -0.330 e. The number of rotatable bonds is 7. The second-order valence-corrected chi connectivity index (χ2v) is 4.84. The van der Waals surface area contributed by atoms with Gasteiger partial charge in [-0.15, -0.1) is 5.10 Å². The van der Waals surface area contributed by atoms with Crippen LogP contribution in [-0.4, -0.2) is 32.7 Å². The Labute approximate surface area is 123 Å². The Morgan fingerprint density at radius 3 is 2.90 bits per heavy atom. The van der Waals surface area contributed by atoms with Gasteiger partial charge in [0, 0.05) is 12.1 Å². The summed E-state index contributed by atoms with van der Waals surface area (Å²) in [7, 11) is 0. The molecule has 1 aromatic carbocycles. The molecule has 2 aromatic rings. The van der Waals surface area contributed by atoms with Gasteiger partial charge in [-0.2, -0.15) is 4.68 Å². The fraction of sp³-hybridized carbons (Fsp3) is 0.429. The van der Waals surface area contributed by atoms with E-state index in [0.29, 0.717) is 18.8 Å². The smallest absolute Gasteiger partial charge is 0.224 e. The molecule has 0 atom stereocenters. The van der Waals surface area contributed by atoms with E-state index in [4.69, 9.17) is 5.73 Å². The number of nitrogens with one attached hydrogen (secondary N) is 1. The number of tetrazole rings is 1. The predicted octanol–water partition coefficient (Wildman–Crippen LogP) is 1.43. The van der Waals surface area contributed by atoms with Gasteiger partial charge >= 0.3 is 0 Å². The van der Waals surface area contributed by atoms with Crippen molar-refractivity contribution in [3.05, 3.63) is 30.1 Å². The maximum absolute atomic E-state index is 11.9. The van der Waals surface area contributed by atoms with Crippen LogP contribution in [0.3, 0.4) is 0 Å². The van der Waals surface area contributed by atoms with Gasteiger partial charge in [-0.1, -0.05) is 12.5 Å². The van der Waals surface area contributed by atoms with Crippen LogP contribution in [0.4, 0.5) is 5.69 Å². The molecule has 0 radical (unpaired) electrons. The second kappa shape index (κ2) is 7.49. The van der Waals surface area contributed by atoms with E-state index in [2.05, 4.69) is 20.8 Å². The number of benzene rings is 1. The molecular formula is C14H20N6O. The van der Waals surface area contributed by atoms with Crippen molar-refractivity contribution in [2.45, 2.75) is 32.6 Å². The zero-order valence-corrected chi connectivity index (χ0v) is 12.1. The van der Waals surface area contributed by atoms with Crippen molar-refractivity contribution < 1.29 is 4.79 Å². The summed E-state index contributed by atoms with van der Waals surface area (Å²) in [6, 6.07) is 7.45. The van der Waals surface area contributed by atoms with E-state index in [0.717, 1.165) is 30.6 Å². The molecule has 1 amide bonds. The van der Waals surface area contributed by atoms with Gasteiger partial charge in [0.05, 0.1) is 5.69 Å². The summed E-state index contributed by atoms with van der Waals surface area (Å²) in [4.78, 5) is 11.9. The van der Waals surface area contributed by atoms with E-state index in [1.165, 1.54) is 0 Å². The first kappa shape index (κ1) is 15.1. The number of amides is 1. The van der Waals surface area contributed by atoms with Gasteiger partial charge in [0.1, 0.15) is 0 Å². The maximum atomic E-state index is 11.9. The zero-order valence-electron chi connectivity index (χ0n) is 12.1. The molecule has 7 heteroatoms. The highest BCUT2D eigenvalue weighted by molar-refractivity contribution is 5.90. The van der Waals surface area contributed by atoms with Crippen LogP contribution in [0.1, 0.15) is 31.5 Å². The lowest BCUT2D eigenvalue weighted by atomic mass is 10.2. The number of carbonyl (C=O) groups excluding carboxylic acids is 1. The molecule has 1 heterocycles. The number of nitrogens with two attached hydrogens (primary N) is 1. The molecule has 0 aliphatic heterocycles. The Hall–Kier alpha value is -2.28. The van der Waals surface area contributed by atoms with Gasteiger partial charge in [-0.05, 0) is 54.9 Å². The average molecular weight is 288 g/mol. The van der Waals surface area contributed by atoms with Crippen molar-refractivity contribution in [3.63, 3.8) is 0 Å². The lowest BCUT2D eigenvalue weighted by Crippen LogP contribution is -2.12. The molecular weight excluding hydrogens is 268 g/mol. The molecule has 7 nitrogen and oxygen atoms in total. The summed E-state index contributed by atoms with van der Waals surface area (Å²) >= 11 is 0. The summed E-state index contributed by atoms with van der Waals surface area (Å²) in [5, 5.41) is 14.3. The molecule has 0 saturated carbocycles. The van der Waals surface area contributed by atoms with E-state index in [9.17, 15) is 4.79 Å². The largest absolute Gasteiger partial charge is 0.330 e. The first-order chi connectivity index (χ1) is 10.2. The summed E-state index contributed by atoms with van der Waals surface area (Å²) < 4.78 is 1.62. The normalized spacial score (nSPS) is 10.6. The van der Waals surface area contributed by atoms with Crippen molar-refractivity contribution in [3.8, 4) is 5.69 Å². The Bertz CT molecular complexity index is 595. The van der Waals surface area contributed by atoms with Crippen LogP contribution in [0.25, 0.3) is 5.69 Å². The number of anilines is 1. The fourth-order valence-corrected chi connectivity index (χ4v) is 2.02. The number of aromatic nitrogens is 4. The molecule has 0 unspecified atom stereocenters. The first-order valence-electron chi connectivity index (χ1n) is 7.06. The van der Waals surface area contributed by atoms with Crippen LogP contribution in [-0.2, 0) is 4.79 Å². The van der Waals surface area contributed by atoms with Gasteiger partial charge in [0.2, 0.25) is 5.91 Å². The van der Waals surface area contributed by atoms with Crippen LogP contribution in [0.5, 0.6) is 0 Å². The zero-order chi connectivity index (χ0) is 15.1. The van der Waals surface area contributed by atoms with Crippen molar-refractivity contribution in [1.29, 1.82) is 0 Å². The highest BCUT2D eigenvalue weighted by atomic mass is 16.1. The summed E-state index contributed by atoms with van der Waals surface area (Å²) in [6.07, 6.45) is 3.30. The van der Waals surface area contributed by atoms with E-state index in [-0.39, 0.29) is 5.91 Å². The molecule has 0 saturated heterocycles. The molecule has 0 aliphatic carbocycles. The first-order valence-corrected chi connectivity index (χ1v) is 7.06. The lowest BCUT2D eigenvalue weighted by Gasteiger charge is -2.07. The molecule has 0 spiro atoms. The van der Waals surface area contributed by atoms with Crippen LogP contribution >= 0.6 is 0 Å². The molecule has 2 rings (SSSR count). The second-order valence-electron chi connectivity index (χ2n) is 4.84. The number of hydrogen-bond acceptors (Lipinski definition) is 5. The highest BCUT2D eigenvalue weighted by Crippen LogP contribution is 2.15. The number of unbranched alkanes of at least 4 members (excludes halogenated alkanes) is 2. The van der Waals surface area contributed by atoms with E-state index in [1.807, 2.05) is 31.2 Å². The SMILES string of the molecule is Cc1nnnn1-c1cccc(NC(=O)CCCCCN)c1. The van der Waals surface area contributed by atoms with Gasteiger partial charge in [-0.25, -0.2) is 0 Å². The van der Waals surface area contributed by atoms with Crippen molar-refractivity contribution >= 4 is 11.6 Å². The summed E-state index contributed by atoms with van der Waals surface area (Å²) in [5.41, 5.74) is 6.99. The predicted molar refractivity (Wildman–Crippen MR) is 80.0 cm³/mol. The monoisotopic (exact) mass is 288 g/mol. The number of carbonyl (C=O) groups is 1. The minimum absolute atomic E-state index is 0.0117. The Morgan fingerprint density at radius 1 is 1.33 bits per heavy atom. The average Bonchev–Trinajstić information content (AvgIpc) is 2.90. The van der Waals surface area contributed by atoms with Crippen molar-refractivity contribution in [1.82, 2.24) is 20.2 Å². The topological polar surface area (TPSA) is 98.7 Å². The van der Waals surface area contributed by atoms with Gasteiger partial charge < -0.3 is 11.1 Å². The molecule has 1 aromatic heterocycles. The molecule has 3 N–H and O–H groups in total. The third kappa shape index (κ3) is 4.35. The van der Waals surface area contributed by atoms with Crippen LogP contribution < -0.4 is 11.1 Å². The van der Waals surface area contributed by atoms with Crippen LogP contribution in [0.2, 0.25) is 0 Å². The summed E-state index contributed by atoms with van der Waals surface area (Å²) in [5.74, 6) is 0.706. The third-order valence-corrected chi connectivity index (χ3v) is 3.11. The van der Waals surface area contributed by atoms with E-state index < -0.39 is 0 Å². The third-order valence-electron chi connectivity index (χ3n) is 3.11. The van der Waals surface area contributed by atoms with Crippen molar-refractivity contribution in [2.24, 2.45) is 5.73 Å². The maximum Gasteiger partial charge on any atom is 0.224 e. The molecule has 112 valence electrons. The van der Waals surface area contributed by atoms with Crippen molar-refractivity contribution in [2.75, 3.05) is 11.9 Å². The van der Waals surface area contributed by atoms with Gasteiger partial charge in [0.15, 0.2) is 5.82 Å². The van der Waals surface area contributed by atoms with Gasteiger partial charge in [-0.3, -0.25) is 4.79 Å². The minimum atomic E-state index is 0.0117. The Morgan fingerprint density at radius 2 is 2.19 bits per heavy atom. The lowest BCUT2D eigenvalue weighted by molar-refractivity contribution is -0.116. The molecule has 0 aliphatic rings. The number of aryl methyl sites for hydroxylation is 1. The highest BCUT2D eigenvalue weighted by Gasteiger charge is 2.06. The Balaban J connectivity index is 1.95. The molecule has 21 heavy (non-hydrogen) atoms. The number of hydrogen-bond donors (Lipinski definition) is 2.